The lowest BCUT2D eigenvalue weighted by molar-refractivity contribution is 0.00619. The Morgan fingerprint density at radius 2 is 2.17 bits per heavy atom. The second kappa shape index (κ2) is 6.98. The average Bonchev–Trinajstić information content (AvgIpc) is 3.30. The first-order valence-electron chi connectivity index (χ1n) is 9.93. The largest absolute Gasteiger partial charge is 0.378 e. The highest BCUT2D eigenvalue weighted by Crippen LogP contribution is 2.34. The van der Waals surface area contributed by atoms with Crippen LogP contribution in [0.2, 0.25) is 0 Å². The van der Waals surface area contributed by atoms with Gasteiger partial charge in [-0.15, -0.1) is 0 Å². The maximum Gasteiger partial charge on any atom is 0.132 e. The summed E-state index contributed by atoms with van der Waals surface area (Å²) < 4.78 is 10.1. The summed E-state index contributed by atoms with van der Waals surface area (Å²) in [5, 5.41) is 14.9. The molecular formula is C22H22N6O. The Morgan fingerprint density at radius 3 is 2.93 bits per heavy atom. The van der Waals surface area contributed by atoms with E-state index in [9.17, 15) is 5.26 Å². The average molecular weight is 386 g/mol. The molecule has 5 rings (SSSR count). The summed E-state index contributed by atoms with van der Waals surface area (Å²) in [6, 6.07) is 10.2. The molecule has 0 unspecified atom stereocenters. The molecule has 1 fully saturated rings. The van der Waals surface area contributed by atoms with E-state index in [4.69, 9.17) is 9.72 Å². The van der Waals surface area contributed by atoms with Crippen molar-refractivity contribution in [2.75, 3.05) is 6.61 Å². The van der Waals surface area contributed by atoms with E-state index in [2.05, 4.69) is 27.6 Å². The molecule has 2 atom stereocenters. The van der Waals surface area contributed by atoms with Crippen LogP contribution in [0.15, 0.2) is 36.7 Å². The Labute approximate surface area is 168 Å². The van der Waals surface area contributed by atoms with Crippen LogP contribution in [-0.2, 0) is 11.3 Å². The minimum Gasteiger partial charge on any atom is -0.378 e. The second-order valence-electron chi connectivity index (χ2n) is 7.75. The molecule has 1 aliphatic rings. The second-order valence-corrected chi connectivity index (χ2v) is 7.75. The molecule has 4 aromatic rings. The predicted molar refractivity (Wildman–Crippen MR) is 110 cm³/mol. The Balaban J connectivity index is 1.75. The van der Waals surface area contributed by atoms with Gasteiger partial charge >= 0.3 is 0 Å². The first kappa shape index (κ1) is 17.8. The molecule has 0 spiro atoms. The fraction of sp³-hybridized carbons (Fsp3) is 0.364. The van der Waals surface area contributed by atoms with E-state index in [0.29, 0.717) is 12.1 Å². The van der Waals surface area contributed by atoms with Crippen LogP contribution in [0.25, 0.3) is 21.9 Å². The zero-order valence-corrected chi connectivity index (χ0v) is 16.5. The number of fused-ring (bicyclic) bond motifs is 3. The first-order chi connectivity index (χ1) is 14.1. The van der Waals surface area contributed by atoms with Gasteiger partial charge < -0.3 is 9.30 Å². The number of imidazole rings is 1. The zero-order valence-electron chi connectivity index (χ0n) is 16.5. The molecule has 1 aliphatic heterocycles. The number of hydrogen-bond acceptors (Lipinski definition) is 5. The third kappa shape index (κ3) is 3.15. The van der Waals surface area contributed by atoms with E-state index in [1.807, 2.05) is 48.3 Å². The molecule has 1 saturated heterocycles. The predicted octanol–water partition coefficient (Wildman–Crippen LogP) is 3.75. The molecule has 0 amide bonds. The molecule has 0 aliphatic carbocycles. The van der Waals surface area contributed by atoms with Crippen molar-refractivity contribution in [1.82, 2.24) is 24.3 Å². The molecule has 146 valence electrons. The molecule has 7 nitrogen and oxygen atoms in total. The third-order valence-electron chi connectivity index (χ3n) is 5.62. The number of nitriles is 1. The highest BCUT2D eigenvalue weighted by atomic mass is 16.5. The van der Waals surface area contributed by atoms with Gasteiger partial charge in [0.25, 0.3) is 0 Å². The minimum absolute atomic E-state index is 0.203. The number of ether oxygens (including phenoxy) is 1. The van der Waals surface area contributed by atoms with Crippen LogP contribution in [0.4, 0.5) is 0 Å². The number of hydrogen-bond donors (Lipinski definition) is 0. The lowest BCUT2D eigenvalue weighted by Crippen LogP contribution is -2.27. The summed E-state index contributed by atoms with van der Waals surface area (Å²) in [5.41, 5.74) is 4.39. The number of rotatable bonds is 3. The van der Waals surface area contributed by atoms with Crippen molar-refractivity contribution in [2.45, 2.75) is 45.4 Å². The van der Waals surface area contributed by atoms with Gasteiger partial charge in [-0.2, -0.15) is 10.4 Å². The van der Waals surface area contributed by atoms with Crippen molar-refractivity contribution in [1.29, 1.82) is 5.26 Å². The van der Waals surface area contributed by atoms with Crippen molar-refractivity contribution in [3.8, 4) is 6.07 Å². The van der Waals surface area contributed by atoms with E-state index in [0.717, 1.165) is 52.9 Å². The van der Waals surface area contributed by atoms with E-state index < -0.39 is 0 Å². The summed E-state index contributed by atoms with van der Waals surface area (Å²) in [6.07, 6.45) is 5.88. The van der Waals surface area contributed by atoms with Crippen molar-refractivity contribution in [2.24, 2.45) is 0 Å². The van der Waals surface area contributed by atoms with E-state index in [1.54, 1.807) is 0 Å². The van der Waals surface area contributed by atoms with Gasteiger partial charge in [-0.25, -0.2) is 4.98 Å². The monoisotopic (exact) mass is 386 g/mol. The number of aromatic nitrogens is 5. The molecular weight excluding hydrogens is 364 g/mol. The molecule has 4 heterocycles. The Hall–Kier alpha value is -3.24. The molecule has 0 bridgehead atoms. The van der Waals surface area contributed by atoms with Crippen molar-refractivity contribution in [3.63, 3.8) is 0 Å². The summed E-state index contributed by atoms with van der Waals surface area (Å²) in [4.78, 5) is 9.52. The van der Waals surface area contributed by atoms with Gasteiger partial charge in [0.15, 0.2) is 0 Å². The molecule has 29 heavy (non-hydrogen) atoms. The molecule has 0 radical (unpaired) electrons. The summed E-state index contributed by atoms with van der Waals surface area (Å²) in [7, 11) is 0. The molecule has 3 aromatic heterocycles. The number of nitrogens with zero attached hydrogens (tertiary/aromatic N) is 6. The van der Waals surface area contributed by atoms with Crippen LogP contribution < -0.4 is 0 Å². The topological polar surface area (TPSA) is 81.5 Å². The first-order valence-corrected chi connectivity index (χ1v) is 9.93. The van der Waals surface area contributed by atoms with Gasteiger partial charge in [-0.3, -0.25) is 9.67 Å². The maximum absolute atomic E-state index is 9.40. The quantitative estimate of drug-likeness (QED) is 0.536. The highest BCUT2D eigenvalue weighted by Gasteiger charge is 2.26. The Kier molecular flexibility index (Phi) is 4.29. The van der Waals surface area contributed by atoms with Crippen LogP contribution in [0.5, 0.6) is 0 Å². The smallest absolute Gasteiger partial charge is 0.132 e. The lowest BCUT2D eigenvalue weighted by Gasteiger charge is -2.30. The maximum atomic E-state index is 9.40. The molecule has 0 saturated carbocycles. The van der Waals surface area contributed by atoms with Crippen molar-refractivity contribution in [3.05, 3.63) is 53.7 Å². The standard InChI is InChI=1S/C22H22N6O/c1-14-5-7-27(26-14)13-21-25-20-12-24-19-4-3-16(11-23)10-18(19)22(20)28(21)17-6-8-29-15(2)9-17/h3-5,7,10,12,15,17H,6,8-9,13H2,1-2H3/t15-,17-/m1/s1. The minimum atomic E-state index is 0.203. The summed E-state index contributed by atoms with van der Waals surface area (Å²) >= 11 is 0. The molecule has 0 N–H and O–H groups in total. The van der Waals surface area contributed by atoms with Crippen LogP contribution in [0.3, 0.4) is 0 Å². The van der Waals surface area contributed by atoms with Crippen LogP contribution in [-0.4, -0.2) is 37.0 Å². The zero-order chi connectivity index (χ0) is 20.0. The van der Waals surface area contributed by atoms with Gasteiger partial charge in [-0.05, 0) is 51.0 Å². The van der Waals surface area contributed by atoms with Crippen molar-refractivity contribution < 1.29 is 4.74 Å². The van der Waals surface area contributed by atoms with Crippen LogP contribution in [0, 0.1) is 18.3 Å². The van der Waals surface area contributed by atoms with E-state index in [1.165, 1.54) is 0 Å². The van der Waals surface area contributed by atoms with Crippen LogP contribution in [0.1, 0.15) is 42.9 Å². The number of benzene rings is 1. The third-order valence-corrected chi connectivity index (χ3v) is 5.62. The SMILES string of the molecule is Cc1ccn(Cc2nc3cnc4ccc(C#N)cc4c3n2[C@@H]2CCO[C@H](C)C2)n1. The van der Waals surface area contributed by atoms with Crippen molar-refractivity contribution >= 4 is 21.9 Å². The Morgan fingerprint density at radius 1 is 1.28 bits per heavy atom. The van der Waals surface area contributed by atoms with Gasteiger partial charge in [0.05, 0.1) is 47.2 Å². The van der Waals surface area contributed by atoms with E-state index in [-0.39, 0.29) is 12.1 Å². The van der Waals surface area contributed by atoms with Gasteiger partial charge in [0, 0.05) is 24.2 Å². The van der Waals surface area contributed by atoms with Gasteiger partial charge in [0.2, 0.25) is 0 Å². The normalized spacial score (nSPS) is 19.6. The molecule has 7 heteroatoms. The molecule has 1 aromatic carbocycles. The lowest BCUT2D eigenvalue weighted by atomic mass is 10.0. The fourth-order valence-corrected chi connectivity index (χ4v) is 4.30. The van der Waals surface area contributed by atoms with Gasteiger partial charge in [0.1, 0.15) is 11.3 Å². The van der Waals surface area contributed by atoms with Crippen LogP contribution >= 0.6 is 0 Å². The number of pyridine rings is 1. The Bertz CT molecular complexity index is 1250. The fourth-order valence-electron chi connectivity index (χ4n) is 4.30. The summed E-state index contributed by atoms with van der Waals surface area (Å²) in [6.45, 7) is 5.43. The van der Waals surface area contributed by atoms with Gasteiger partial charge in [-0.1, -0.05) is 0 Å². The number of aryl methyl sites for hydroxylation is 1. The van der Waals surface area contributed by atoms with E-state index >= 15 is 0 Å². The highest BCUT2D eigenvalue weighted by molar-refractivity contribution is 6.02. The summed E-state index contributed by atoms with van der Waals surface area (Å²) in [5.74, 6) is 0.957.